The van der Waals surface area contributed by atoms with E-state index in [4.69, 9.17) is 4.74 Å². The van der Waals surface area contributed by atoms with Crippen LogP contribution in [0.1, 0.15) is 20.8 Å². The van der Waals surface area contributed by atoms with Crippen LogP contribution < -0.4 is 4.90 Å². The van der Waals surface area contributed by atoms with E-state index < -0.39 is 5.60 Å². The lowest BCUT2D eigenvalue weighted by molar-refractivity contribution is 0.0240. The molecule has 3 rings (SSSR count). The molecular weight excluding hydrogens is 290 g/mol. The molecule has 1 amide bonds. The molecule has 1 aromatic carbocycles. The standard InChI is InChI=1S/C18H23N3O2/c1-18(2,3)23-17(22)21-10-8-20(9-11-21)16-13-19-12-14-6-4-5-7-15(14)16/h4-7,12-13H,8-11H2,1-3H3. The first-order valence-corrected chi connectivity index (χ1v) is 8.00. The van der Waals surface area contributed by atoms with E-state index in [2.05, 4.69) is 22.0 Å². The monoisotopic (exact) mass is 313 g/mol. The second-order valence-electron chi connectivity index (χ2n) is 6.83. The lowest BCUT2D eigenvalue weighted by atomic mass is 10.1. The molecule has 0 saturated carbocycles. The molecule has 0 atom stereocenters. The van der Waals surface area contributed by atoms with Crippen LogP contribution in [0.5, 0.6) is 0 Å². The predicted molar refractivity (Wildman–Crippen MR) is 91.8 cm³/mol. The highest BCUT2D eigenvalue weighted by Crippen LogP contribution is 2.26. The summed E-state index contributed by atoms with van der Waals surface area (Å²) in [6, 6.07) is 8.26. The summed E-state index contributed by atoms with van der Waals surface area (Å²) in [5.41, 5.74) is 0.681. The summed E-state index contributed by atoms with van der Waals surface area (Å²) in [6.07, 6.45) is 3.56. The molecule has 2 heterocycles. The van der Waals surface area contributed by atoms with Crippen molar-refractivity contribution in [3.05, 3.63) is 36.7 Å². The van der Waals surface area contributed by atoms with Crippen molar-refractivity contribution in [1.29, 1.82) is 0 Å². The summed E-state index contributed by atoms with van der Waals surface area (Å²) < 4.78 is 5.44. The van der Waals surface area contributed by atoms with Crippen molar-refractivity contribution in [1.82, 2.24) is 9.88 Å². The molecule has 0 bridgehead atoms. The summed E-state index contributed by atoms with van der Waals surface area (Å²) in [7, 11) is 0. The van der Waals surface area contributed by atoms with Crippen molar-refractivity contribution in [2.24, 2.45) is 0 Å². The molecule has 0 radical (unpaired) electrons. The van der Waals surface area contributed by atoms with Gasteiger partial charge in [-0.05, 0) is 20.8 Å². The third-order valence-corrected chi connectivity index (χ3v) is 3.92. The van der Waals surface area contributed by atoms with E-state index >= 15 is 0 Å². The van der Waals surface area contributed by atoms with Crippen LogP contribution in [0.15, 0.2) is 36.7 Å². The van der Waals surface area contributed by atoms with Crippen LogP contribution >= 0.6 is 0 Å². The van der Waals surface area contributed by atoms with Crippen molar-refractivity contribution in [3.8, 4) is 0 Å². The Hall–Kier alpha value is -2.30. The van der Waals surface area contributed by atoms with Gasteiger partial charge in [-0.25, -0.2) is 4.79 Å². The Morgan fingerprint density at radius 2 is 1.78 bits per heavy atom. The zero-order valence-electron chi connectivity index (χ0n) is 14.0. The minimum Gasteiger partial charge on any atom is -0.444 e. The molecule has 23 heavy (non-hydrogen) atoms. The van der Waals surface area contributed by atoms with Crippen LogP contribution in [0.4, 0.5) is 10.5 Å². The lowest BCUT2D eigenvalue weighted by Gasteiger charge is -2.37. The van der Waals surface area contributed by atoms with Gasteiger partial charge in [-0.3, -0.25) is 4.98 Å². The number of piperazine rings is 1. The van der Waals surface area contributed by atoms with Crippen molar-refractivity contribution in [2.75, 3.05) is 31.1 Å². The average Bonchev–Trinajstić information content (AvgIpc) is 2.53. The van der Waals surface area contributed by atoms with E-state index in [0.29, 0.717) is 13.1 Å². The van der Waals surface area contributed by atoms with Gasteiger partial charge in [0.25, 0.3) is 0 Å². The largest absolute Gasteiger partial charge is 0.444 e. The molecule has 0 unspecified atom stereocenters. The number of nitrogens with zero attached hydrogens (tertiary/aromatic N) is 3. The van der Waals surface area contributed by atoms with Gasteiger partial charge in [0.1, 0.15) is 5.60 Å². The Bertz CT molecular complexity index is 695. The zero-order chi connectivity index (χ0) is 16.4. The molecule has 5 nitrogen and oxygen atoms in total. The predicted octanol–water partition coefficient (Wildman–Crippen LogP) is 3.29. The summed E-state index contributed by atoms with van der Waals surface area (Å²) >= 11 is 0. The van der Waals surface area contributed by atoms with Crippen LogP contribution in [-0.2, 0) is 4.74 Å². The lowest BCUT2D eigenvalue weighted by Crippen LogP contribution is -2.50. The molecule has 1 aliphatic rings. The topological polar surface area (TPSA) is 45.7 Å². The zero-order valence-corrected chi connectivity index (χ0v) is 14.0. The molecule has 1 fully saturated rings. The third-order valence-electron chi connectivity index (χ3n) is 3.92. The van der Waals surface area contributed by atoms with Crippen LogP contribution in [0, 0.1) is 0 Å². The molecule has 0 spiro atoms. The van der Waals surface area contributed by atoms with Gasteiger partial charge in [0, 0.05) is 43.1 Å². The van der Waals surface area contributed by atoms with Gasteiger partial charge >= 0.3 is 6.09 Å². The van der Waals surface area contributed by atoms with Crippen LogP contribution in [0.2, 0.25) is 0 Å². The second kappa shape index (κ2) is 6.07. The molecule has 1 saturated heterocycles. The Morgan fingerprint density at radius 3 is 2.48 bits per heavy atom. The molecule has 122 valence electrons. The van der Waals surface area contributed by atoms with Gasteiger partial charge in [-0.15, -0.1) is 0 Å². The summed E-state index contributed by atoms with van der Waals surface area (Å²) in [4.78, 5) is 20.6. The third kappa shape index (κ3) is 3.55. The fourth-order valence-electron chi connectivity index (χ4n) is 2.81. The number of anilines is 1. The van der Waals surface area contributed by atoms with Crippen LogP contribution in [-0.4, -0.2) is 47.8 Å². The van der Waals surface area contributed by atoms with E-state index in [1.165, 1.54) is 5.39 Å². The Morgan fingerprint density at radius 1 is 1.09 bits per heavy atom. The van der Waals surface area contributed by atoms with Crippen molar-refractivity contribution < 1.29 is 9.53 Å². The number of aromatic nitrogens is 1. The minimum absolute atomic E-state index is 0.229. The maximum atomic E-state index is 12.1. The fraction of sp³-hybridized carbons (Fsp3) is 0.444. The van der Waals surface area contributed by atoms with E-state index in [1.54, 1.807) is 4.90 Å². The maximum Gasteiger partial charge on any atom is 0.410 e. The van der Waals surface area contributed by atoms with Gasteiger partial charge in [0.2, 0.25) is 0 Å². The molecule has 0 N–H and O–H groups in total. The van der Waals surface area contributed by atoms with Crippen molar-refractivity contribution >= 4 is 22.6 Å². The van der Waals surface area contributed by atoms with E-state index in [-0.39, 0.29) is 6.09 Å². The molecular formula is C18H23N3O2. The number of carbonyl (C=O) groups is 1. The molecule has 0 aliphatic carbocycles. The normalized spacial score (nSPS) is 15.8. The number of fused-ring (bicyclic) bond motifs is 1. The number of carbonyl (C=O) groups excluding carboxylic acids is 1. The first-order chi connectivity index (χ1) is 10.9. The number of hydrogen-bond acceptors (Lipinski definition) is 4. The number of rotatable bonds is 1. The van der Waals surface area contributed by atoms with E-state index in [9.17, 15) is 4.79 Å². The highest BCUT2D eigenvalue weighted by molar-refractivity contribution is 5.93. The quantitative estimate of drug-likeness (QED) is 0.810. The van der Waals surface area contributed by atoms with Gasteiger partial charge in [0.15, 0.2) is 0 Å². The minimum atomic E-state index is -0.451. The number of pyridine rings is 1. The van der Waals surface area contributed by atoms with Gasteiger partial charge in [0.05, 0.1) is 11.9 Å². The first-order valence-electron chi connectivity index (χ1n) is 8.00. The fourth-order valence-corrected chi connectivity index (χ4v) is 2.81. The molecule has 2 aromatic rings. The highest BCUT2D eigenvalue weighted by Gasteiger charge is 2.26. The van der Waals surface area contributed by atoms with E-state index in [1.807, 2.05) is 45.3 Å². The van der Waals surface area contributed by atoms with Crippen molar-refractivity contribution in [2.45, 2.75) is 26.4 Å². The number of ether oxygens (including phenoxy) is 1. The number of hydrogen-bond donors (Lipinski definition) is 0. The average molecular weight is 313 g/mol. The highest BCUT2D eigenvalue weighted by atomic mass is 16.6. The van der Waals surface area contributed by atoms with Crippen LogP contribution in [0.25, 0.3) is 10.8 Å². The van der Waals surface area contributed by atoms with Crippen LogP contribution in [0.3, 0.4) is 0 Å². The van der Waals surface area contributed by atoms with E-state index in [0.717, 1.165) is 24.2 Å². The van der Waals surface area contributed by atoms with Gasteiger partial charge < -0.3 is 14.5 Å². The molecule has 1 aliphatic heterocycles. The number of benzene rings is 1. The summed E-state index contributed by atoms with van der Waals surface area (Å²) in [5.74, 6) is 0. The Kier molecular flexibility index (Phi) is 4.11. The maximum absolute atomic E-state index is 12.1. The van der Waals surface area contributed by atoms with Gasteiger partial charge in [-0.1, -0.05) is 24.3 Å². The number of amides is 1. The van der Waals surface area contributed by atoms with Crippen molar-refractivity contribution in [3.63, 3.8) is 0 Å². The summed E-state index contributed by atoms with van der Waals surface area (Å²) in [6.45, 7) is 8.58. The first kappa shape index (κ1) is 15.6. The van der Waals surface area contributed by atoms with Gasteiger partial charge in [-0.2, -0.15) is 0 Å². The summed E-state index contributed by atoms with van der Waals surface area (Å²) in [5, 5.41) is 2.34. The Labute approximate surface area is 136 Å². The second-order valence-corrected chi connectivity index (χ2v) is 6.83. The SMILES string of the molecule is CC(C)(C)OC(=O)N1CCN(c2cncc3ccccc23)CC1. The smallest absolute Gasteiger partial charge is 0.410 e. The Balaban J connectivity index is 1.70. The molecule has 5 heteroatoms. The molecule has 1 aromatic heterocycles.